The van der Waals surface area contributed by atoms with Gasteiger partial charge in [0.15, 0.2) is 0 Å². The quantitative estimate of drug-likeness (QED) is 0.291. The van der Waals surface area contributed by atoms with Crippen molar-refractivity contribution in [1.29, 1.82) is 0 Å². The molecule has 0 aromatic heterocycles. The molecule has 0 aliphatic heterocycles. The Morgan fingerprint density at radius 1 is 0.500 bits per heavy atom. The van der Waals surface area contributed by atoms with E-state index in [4.69, 9.17) is 28.4 Å². The molecule has 0 amide bonds. The number of methoxy groups -OCH3 is 2. The Balaban J connectivity index is 3.13. The first-order valence-corrected chi connectivity index (χ1v) is 14.2. The average Bonchev–Trinajstić information content (AvgIpc) is 3.04. The highest BCUT2D eigenvalue weighted by molar-refractivity contribution is 6.03. The summed E-state index contributed by atoms with van der Waals surface area (Å²) in [5.41, 5.74) is -7.17. The van der Waals surface area contributed by atoms with E-state index in [-0.39, 0.29) is 22.7 Å². The molecule has 0 N–H and O–H groups in total. The summed E-state index contributed by atoms with van der Waals surface area (Å²) < 4.78 is 34.9. The molecule has 238 valence electrons. The Morgan fingerprint density at radius 3 is 0.929 bits per heavy atom. The van der Waals surface area contributed by atoms with Crippen LogP contribution >= 0.6 is 0 Å². The molecule has 0 fully saturated rings. The number of carbonyl (C=O) groups excluding carboxylic acids is 4. The fraction of sp³-hybridized carbons (Fsp3) is 0.750. The smallest absolute Gasteiger partial charge is 0.338 e. The van der Waals surface area contributed by atoms with Crippen LogP contribution < -0.4 is 0 Å². The largest absolute Gasteiger partial charge is 0.500 e. The highest BCUT2D eigenvalue weighted by atomic mass is 16.6. The topological polar surface area (TPSA) is 124 Å². The zero-order valence-electron chi connectivity index (χ0n) is 28.2. The van der Waals surface area contributed by atoms with E-state index in [9.17, 15) is 19.2 Å². The van der Waals surface area contributed by atoms with E-state index in [1.54, 1.807) is 96.9 Å². The molecule has 10 nitrogen and oxygen atoms in total. The van der Waals surface area contributed by atoms with Crippen LogP contribution in [-0.4, -0.2) is 60.5 Å². The summed E-state index contributed by atoms with van der Waals surface area (Å²) in [7, 11) is 2.64. The second-order valence-corrected chi connectivity index (χ2v) is 15.2. The SMILES string of the molecule is COC1=C(C(=O)OC(C)(C)C)[C@]2(C)[C@H](C(=O)OC(C)(C)C)C(OC)=C(C(=O)OC(C)(C)C)[C@@]2(C)[C@H]1C(=O)OC(C)(C)C. The van der Waals surface area contributed by atoms with E-state index in [2.05, 4.69) is 0 Å². The van der Waals surface area contributed by atoms with Gasteiger partial charge in [-0.05, 0) is 83.1 Å². The molecule has 2 aliphatic carbocycles. The van der Waals surface area contributed by atoms with Gasteiger partial charge in [0.05, 0.1) is 25.4 Å². The maximum atomic E-state index is 14.1. The molecule has 42 heavy (non-hydrogen) atoms. The van der Waals surface area contributed by atoms with Crippen molar-refractivity contribution in [1.82, 2.24) is 0 Å². The summed E-state index contributed by atoms with van der Waals surface area (Å²) in [5, 5.41) is 0. The van der Waals surface area contributed by atoms with E-state index < -0.39 is 68.9 Å². The minimum Gasteiger partial charge on any atom is -0.500 e. The van der Waals surface area contributed by atoms with Crippen molar-refractivity contribution in [2.75, 3.05) is 14.2 Å². The summed E-state index contributed by atoms with van der Waals surface area (Å²) >= 11 is 0. The number of carbonyl (C=O) groups is 4. The van der Waals surface area contributed by atoms with E-state index >= 15 is 0 Å². The van der Waals surface area contributed by atoms with Gasteiger partial charge in [-0.15, -0.1) is 0 Å². The number of hydrogen-bond acceptors (Lipinski definition) is 10. The Bertz CT molecular complexity index is 1100. The third-order valence-corrected chi connectivity index (χ3v) is 7.22. The third kappa shape index (κ3) is 6.47. The normalized spacial score (nSPS) is 26.5. The number of esters is 4. The van der Waals surface area contributed by atoms with Crippen molar-refractivity contribution in [2.45, 2.75) is 119 Å². The van der Waals surface area contributed by atoms with Gasteiger partial charge in [0.1, 0.15) is 45.8 Å². The van der Waals surface area contributed by atoms with Crippen LogP contribution in [0, 0.1) is 22.7 Å². The molecule has 0 bridgehead atoms. The van der Waals surface area contributed by atoms with Gasteiger partial charge >= 0.3 is 23.9 Å². The minimum absolute atomic E-state index is 0.0618. The van der Waals surface area contributed by atoms with Gasteiger partial charge in [-0.25, -0.2) is 9.59 Å². The molecule has 0 aromatic carbocycles. The zero-order chi connectivity index (χ0) is 33.0. The van der Waals surface area contributed by atoms with Crippen LogP contribution in [0.25, 0.3) is 0 Å². The van der Waals surface area contributed by atoms with Crippen LogP contribution in [0.5, 0.6) is 0 Å². The van der Waals surface area contributed by atoms with Gasteiger partial charge in [-0.3, -0.25) is 9.59 Å². The summed E-state index contributed by atoms with van der Waals surface area (Å²) in [6.45, 7) is 23.7. The first kappa shape index (κ1) is 35.2. The third-order valence-electron chi connectivity index (χ3n) is 7.22. The molecule has 0 saturated carbocycles. The molecule has 4 atom stereocenters. The zero-order valence-corrected chi connectivity index (χ0v) is 28.2. The fourth-order valence-electron chi connectivity index (χ4n) is 5.86. The van der Waals surface area contributed by atoms with Crippen molar-refractivity contribution >= 4 is 23.9 Å². The second kappa shape index (κ2) is 10.9. The Labute approximate surface area is 250 Å². The maximum Gasteiger partial charge on any atom is 0.338 e. The number of rotatable bonds is 6. The first-order valence-electron chi connectivity index (χ1n) is 14.2. The van der Waals surface area contributed by atoms with Crippen LogP contribution in [0.4, 0.5) is 0 Å². The van der Waals surface area contributed by atoms with Crippen molar-refractivity contribution in [3.05, 3.63) is 22.7 Å². The van der Waals surface area contributed by atoms with Gasteiger partial charge in [0.25, 0.3) is 0 Å². The number of hydrogen-bond donors (Lipinski definition) is 0. The maximum absolute atomic E-state index is 14.1. The lowest BCUT2D eigenvalue weighted by atomic mass is 9.58. The van der Waals surface area contributed by atoms with E-state index in [0.717, 1.165) is 0 Å². The molecular formula is C32H50O10. The van der Waals surface area contributed by atoms with Crippen LogP contribution in [-0.2, 0) is 47.6 Å². The van der Waals surface area contributed by atoms with E-state index in [1.165, 1.54) is 14.2 Å². The molecule has 0 radical (unpaired) electrons. The molecule has 0 aromatic rings. The molecular weight excluding hydrogens is 544 g/mol. The van der Waals surface area contributed by atoms with Crippen LogP contribution in [0.2, 0.25) is 0 Å². The predicted octanol–water partition coefficient (Wildman–Crippen LogP) is 5.43. The van der Waals surface area contributed by atoms with Crippen molar-refractivity contribution < 1.29 is 47.6 Å². The van der Waals surface area contributed by atoms with Gasteiger partial charge in [-0.2, -0.15) is 0 Å². The summed E-state index contributed by atoms with van der Waals surface area (Å²) in [6.07, 6.45) is 0. The van der Waals surface area contributed by atoms with Gasteiger partial charge in [0.2, 0.25) is 0 Å². The van der Waals surface area contributed by atoms with Crippen LogP contribution in [0.3, 0.4) is 0 Å². The van der Waals surface area contributed by atoms with E-state index in [0.29, 0.717) is 0 Å². The summed E-state index contributed by atoms with van der Waals surface area (Å²) in [4.78, 5) is 56.4. The lowest BCUT2D eigenvalue weighted by Crippen LogP contribution is -2.50. The highest BCUT2D eigenvalue weighted by Gasteiger charge is 2.77. The molecule has 0 saturated heterocycles. The highest BCUT2D eigenvalue weighted by Crippen LogP contribution is 2.72. The average molecular weight is 595 g/mol. The molecule has 10 heteroatoms. The number of fused-ring (bicyclic) bond motifs is 1. The second-order valence-electron chi connectivity index (χ2n) is 15.2. The number of ether oxygens (including phenoxy) is 6. The van der Waals surface area contributed by atoms with Gasteiger partial charge in [-0.1, -0.05) is 13.8 Å². The van der Waals surface area contributed by atoms with Gasteiger partial charge < -0.3 is 28.4 Å². The summed E-state index contributed by atoms with van der Waals surface area (Å²) in [5.74, 6) is -5.96. The Morgan fingerprint density at radius 2 is 0.738 bits per heavy atom. The lowest BCUT2D eigenvalue weighted by Gasteiger charge is -2.43. The lowest BCUT2D eigenvalue weighted by molar-refractivity contribution is -0.172. The minimum atomic E-state index is -1.64. The van der Waals surface area contributed by atoms with Crippen LogP contribution in [0.1, 0.15) is 96.9 Å². The molecule has 2 rings (SSSR count). The Hall–Kier alpha value is -3.04. The molecule has 0 heterocycles. The first-order chi connectivity index (χ1) is 18.7. The van der Waals surface area contributed by atoms with Crippen molar-refractivity contribution in [3.8, 4) is 0 Å². The van der Waals surface area contributed by atoms with E-state index in [1.807, 2.05) is 0 Å². The standard InChI is InChI=1S/C32H50O10/c1-27(2,3)39-23(33)17-21(37-15)18(24(34)40-28(4,5)6)32(14)20(26(36)42-30(10,11)12)22(38-16)19(31(17,32)13)25(35)41-29(7,8)9/h17,20H,1-16H3/t17-,20+,31-,32-. The van der Waals surface area contributed by atoms with Crippen molar-refractivity contribution in [3.63, 3.8) is 0 Å². The summed E-state index contributed by atoms with van der Waals surface area (Å²) in [6, 6.07) is 0. The molecule has 2 aliphatic rings. The van der Waals surface area contributed by atoms with Crippen molar-refractivity contribution in [2.24, 2.45) is 22.7 Å². The fourth-order valence-corrected chi connectivity index (χ4v) is 5.86. The molecule has 0 unspecified atom stereocenters. The van der Waals surface area contributed by atoms with Crippen LogP contribution in [0.15, 0.2) is 22.7 Å². The molecule has 0 spiro atoms. The predicted molar refractivity (Wildman–Crippen MR) is 155 cm³/mol. The Kier molecular flexibility index (Phi) is 9.13. The monoisotopic (exact) mass is 594 g/mol. The van der Waals surface area contributed by atoms with Gasteiger partial charge in [0, 0.05) is 10.8 Å².